The Kier molecular flexibility index (Phi) is 3.99. The summed E-state index contributed by atoms with van der Waals surface area (Å²) in [7, 11) is 0. The van der Waals surface area contributed by atoms with Crippen LogP contribution < -0.4 is 0 Å². The minimum absolute atomic E-state index is 0.0934. The van der Waals surface area contributed by atoms with Crippen LogP contribution in [0.2, 0.25) is 5.28 Å². The number of ether oxygens (including phenoxy) is 1. The number of Topliss-reactive ketones (excluding diaryl/α,β-unsaturated/α-hetero) is 1. The van der Waals surface area contributed by atoms with Crippen molar-refractivity contribution < 1.29 is 9.53 Å². The molecule has 0 bridgehead atoms. The zero-order valence-corrected chi connectivity index (χ0v) is 10.6. The Labute approximate surface area is 100 Å². The molecule has 0 fully saturated rings. The Morgan fingerprint density at radius 1 is 1.50 bits per heavy atom. The summed E-state index contributed by atoms with van der Waals surface area (Å²) < 4.78 is 5.56. The number of carbonyl (C=O) groups is 1. The maximum Gasteiger partial charge on any atom is 0.222 e. The van der Waals surface area contributed by atoms with Crippen molar-refractivity contribution in [2.24, 2.45) is 0 Å². The molecule has 0 saturated heterocycles. The monoisotopic (exact) mass is 242 g/mol. The van der Waals surface area contributed by atoms with E-state index in [4.69, 9.17) is 16.3 Å². The van der Waals surface area contributed by atoms with Gasteiger partial charge >= 0.3 is 0 Å². The first-order valence-corrected chi connectivity index (χ1v) is 5.34. The molecule has 0 atom stereocenters. The fraction of sp³-hybridized carbons (Fsp3) is 0.545. The predicted octanol–water partition coefficient (Wildman–Crippen LogP) is 2.65. The average Bonchev–Trinajstić information content (AvgIpc) is 2.13. The van der Waals surface area contributed by atoms with Crippen molar-refractivity contribution in [2.75, 3.05) is 0 Å². The fourth-order valence-electron chi connectivity index (χ4n) is 1.08. The highest BCUT2D eigenvalue weighted by Gasteiger charge is 2.15. The summed E-state index contributed by atoms with van der Waals surface area (Å²) in [6, 6.07) is 0. The second-order valence-electron chi connectivity index (χ2n) is 4.46. The summed E-state index contributed by atoms with van der Waals surface area (Å²) in [5.74, 6) is -0.0934. The van der Waals surface area contributed by atoms with E-state index >= 15 is 0 Å². The van der Waals surface area contributed by atoms with Gasteiger partial charge in [0.15, 0.2) is 5.78 Å². The van der Waals surface area contributed by atoms with Crippen LogP contribution >= 0.6 is 11.6 Å². The summed E-state index contributed by atoms with van der Waals surface area (Å²) in [5.41, 5.74) is 0.696. The van der Waals surface area contributed by atoms with Gasteiger partial charge in [0.2, 0.25) is 5.28 Å². The predicted molar refractivity (Wildman–Crippen MR) is 61.6 cm³/mol. The highest BCUT2D eigenvalue weighted by Crippen LogP contribution is 2.15. The third-order valence-electron chi connectivity index (χ3n) is 1.86. The molecule has 16 heavy (non-hydrogen) atoms. The van der Waals surface area contributed by atoms with Crippen molar-refractivity contribution in [3.63, 3.8) is 0 Å². The number of rotatable bonds is 3. The van der Waals surface area contributed by atoms with E-state index in [1.807, 2.05) is 20.8 Å². The van der Waals surface area contributed by atoms with Gasteiger partial charge in [0.05, 0.1) is 23.5 Å². The van der Waals surface area contributed by atoms with E-state index < -0.39 is 0 Å². The maximum atomic E-state index is 11.3. The number of carbonyl (C=O) groups excluding carboxylic acids is 1. The molecular weight excluding hydrogens is 228 g/mol. The lowest BCUT2D eigenvalue weighted by molar-refractivity contribution is -0.0167. The first-order chi connectivity index (χ1) is 7.29. The van der Waals surface area contributed by atoms with E-state index in [9.17, 15) is 4.79 Å². The Morgan fingerprint density at radius 2 is 2.12 bits per heavy atom. The summed E-state index contributed by atoms with van der Waals surface area (Å²) in [6.45, 7) is 7.52. The third-order valence-corrected chi connectivity index (χ3v) is 2.04. The van der Waals surface area contributed by atoms with Crippen molar-refractivity contribution >= 4 is 17.4 Å². The Balaban J connectivity index is 2.93. The molecule has 4 nitrogen and oxygen atoms in total. The summed E-state index contributed by atoms with van der Waals surface area (Å²) in [5, 5.41) is 0.123. The third kappa shape index (κ3) is 3.87. The molecule has 0 N–H and O–H groups in total. The summed E-state index contributed by atoms with van der Waals surface area (Å²) in [4.78, 5) is 19.1. The number of aromatic nitrogens is 2. The van der Waals surface area contributed by atoms with Crippen molar-refractivity contribution in [3.8, 4) is 0 Å². The van der Waals surface area contributed by atoms with Crippen LogP contribution in [0.3, 0.4) is 0 Å². The quantitative estimate of drug-likeness (QED) is 0.604. The molecule has 0 amide bonds. The van der Waals surface area contributed by atoms with Gasteiger partial charge in [-0.2, -0.15) is 0 Å². The second kappa shape index (κ2) is 4.89. The summed E-state index contributed by atoms with van der Waals surface area (Å²) >= 11 is 5.68. The standard InChI is InChI=1S/C11H15ClN2O2/c1-7(15)8-5-13-10(12)14-9(8)6-16-11(2,3)4/h5H,6H2,1-4H3. The lowest BCUT2D eigenvalue weighted by Crippen LogP contribution is -2.20. The zero-order chi connectivity index (χ0) is 12.3. The van der Waals surface area contributed by atoms with Gasteiger partial charge in [-0.25, -0.2) is 9.97 Å². The molecule has 0 spiro atoms. The Hall–Kier alpha value is -1.00. The van der Waals surface area contributed by atoms with Crippen LogP contribution in [-0.2, 0) is 11.3 Å². The first-order valence-electron chi connectivity index (χ1n) is 4.96. The molecule has 1 aromatic rings. The second-order valence-corrected chi connectivity index (χ2v) is 4.79. The number of ketones is 1. The van der Waals surface area contributed by atoms with Crippen LogP contribution in [0.25, 0.3) is 0 Å². The molecule has 0 aromatic carbocycles. The van der Waals surface area contributed by atoms with Crippen LogP contribution in [0.5, 0.6) is 0 Å². The van der Waals surface area contributed by atoms with Gasteiger partial charge in [-0.05, 0) is 39.3 Å². The zero-order valence-electron chi connectivity index (χ0n) is 9.87. The fourth-order valence-corrected chi connectivity index (χ4v) is 1.23. The van der Waals surface area contributed by atoms with E-state index in [1.54, 1.807) is 0 Å². The number of hydrogen-bond donors (Lipinski definition) is 0. The van der Waals surface area contributed by atoms with E-state index in [2.05, 4.69) is 9.97 Å². The van der Waals surface area contributed by atoms with Gasteiger partial charge in [-0.3, -0.25) is 4.79 Å². The van der Waals surface area contributed by atoms with Gasteiger partial charge in [-0.1, -0.05) is 0 Å². The largest absolute Gasteiger partial charge is 0.370 e. The highest BCUT2D eigenvalue weighted by molar-refractivity contribution is 6.28. The van der Waals surface area contributed by atoms with E-state index in [0.717, 1.165) is 0 Å². The molecular formula is C11H15ClN2O2. The van der Waals surface area contributed by atoms with Gasteiger partial charge < -0.3 is 4.74 Å². The van der Waals surface area contributed by atoms with E-state index in [0.29, 0.717) is 11.3 Å². The van der Waals surface area contributed by atoms with Gasteiger partial charge in [0.25, 0.3) is 0 Å². The minimum atomic E-state index is -0.286. The van der Waals surface area contributed by atoms with Crippen molar-refractivity contribution in [3.05, 3.63) is 22.7 Å². The van der Waals surface area contributed by atoms with Crippen molar-refractivity contribution in [1.82, 2.24) is 9.97 Å². The molecule has 0 radical (unpaired) electrons. The van der Waals surface area contributed by atoms with Crippen LogP contribution in [0.15, 0.2) is 6.20 Å². The Bertz CT molecular complexity index is 399. The van der Waals surface area contributed by atoms with Gasteiger partial charge in [0.1, 0.15) is 0 Å². The van der Waals surface area contributed by atoms with Crippen LogP contribution in [0, 0.1) is 0 Å². The molecule has 88 valence electrons. The summed E-state index contributed by atoms with van der Waals surface area (Å²) in [6.07, 6.45) is 1.43. The van der Waals surface area contributed by atoms with Gasteiger partial charge in [0, 0.05) is 6.20 Å². The first kappa shape index (κ1) is 13.1. The Morgan fingerprint density at radius 3 is 2.62 bits per heavy atom. The van der Waals surface area contributed by atoms with Crippen molar-refractivity contribution in [1.29, 1.82) is 0 Å². The normalized spacial score (nSPS) is 11.6. The molecule has 0 aliphatic heterocycles. The highest BCUT2D eigenvalue weighted by atomic mass is 35.5. The molecule has 0 saturated carbocycles. The minimum Gasteiger partial charge on any atom is -0.370 e. The van der Waals surface area contributed by atoms with Crippen LogP contribution in [0.1, 0.15) is 43.7 Å². The van der Waals surface area contributed by atoms with Crippen molar-refractivity contribution in [2.45, 2.75) is 39.9 Å². The van der Waals surface area contributed by atoms with Crippen LogP contribution in [0.4, 0.5) is 0 Å². The van der Waals surface area contributed by atoms with E-state index in [1.165, 1.54) is 13.1 Å². The lowest BCUT2D eigenvalue weighted by atomic mass is 10.1. The van der Waals surface area contributed by atoms with E-state index in [-0.39, 0.29) is 23.3 Å². The van der Waals surface area contributed by atoms with Crippen LogP contribution in [-0.4, -0.2) is 21.4 Å². The average molecular weight is 243 g/mol. The molecule has 0 aliphatic carbocycles. The molecule has 1 aromatic heterocycles. The number of nitrogens with zero attached hydrogens (tertiary/aromatic N) is 2. The lowest BCUT2D eigenvalue weighted by Gasteiger charge is -2.19. The maximum absolute atomic E-state index is 11.3. The molecule has 0 unspecified atom stereocenters. The number of hydrogen-bond acceptors (Lipinski definition) is 4. The van der Waals surface area contributed by atoms with Gasteiger partial charge in [-0.15, -0.1) is 0 Å². The number of halogens is 1. The molecule has 5 heteroatoms. The molecule has 0 aliphatic rings. The topological polar surface area (TPSA) is 52.1 Å². The molecule has 1 heterocycles. The smallest absolute Gasteiger partial charge is 0.222 e. The SMILES string of the molecule is CC(=O)c1cnc(Cl)nc1COC(C)(C)C. The molecule has 1 rings (SSSR count).